The lowest BCUT2D eigenvalue weighted by molar-refractivity contribution is -0.147. The van der Waals surface area contributed by atoms with Crippen molar-refractivity contribution in [2.75, 3.05) is 19.8 Å². The lowest BCUT2D eigenvalue weighted by Crippen LogP contribution is -2.25. The monoisotopic (exact) mass is 160 g/mol. The van der Waals surface area contributed by atoms with E-state index in [1.807, 2.05) is 6.92 Å². The minimum Gasteiger partial charge on any atom is -0.396 e. The third-order valence-corrected chi connectivity index (χ3v) is 1.94. The van der Waals surface area contributed by atoms with Gasteiger partial charge in [0.25, 0.3) is 0 Å². The minimum atomic E-state index is -0.366. The highest BCUT2D eigenvalue weighted by Crippen LogP contribution is 2.24. The molecule has 1 saturated heterocycles. The van der Waals surface area contributed by atoms with Crippen LogP contribution in [0.25, 0.3) is 0 Å². The van der Waals surface area contributed by atoms with Gasteiger partial charge in [-0.05, 0) is 19.8 Å². The van der Waals surface area contributed by atoms with Crippen LogP contribution in [-0.2, 0) is 9.47 Å². The third kappa shape index (κ3) is 2.77. The van der Waals surface area contributed by atoms with Gasteiger partial charge in [-0.3, -0.25) is 0 Å². The van der Waals surface area contributed by atoms with E-state index >= 15 is 0 Å². The van der Waals surface area contributed by atoms with E-state index in [9.17, 15) is 0 Å². The third-order valence-electron chi connectivity index (χ3n) is 1.94. The zero-order valence-electron chi connectivity index (χ0n) is 7.01. The van der Waals surface area contributed by atoms with E-state index in [1.54, 1.807) is 0 Å². The Morgan fingerprint density at radius 2 is 1.91 bits per heavy atom. The Morgan fingerprint density at radius 1 is 1.27 bits per heavy atom. The van der Waals surface area contributed by atoms with Crippen molar-refractivity contribution in [2.45, 2.75) is 32.0 Å². The van der Waals surface area contributed by atoms with E-state index in [0.29, 0.717) is 13.2 Å². The Balaban J connectivity index is 2.13. The Morgan fingerprint density at radius 3 is 2.45 bits per heavy atom. The summed E-state index contributed by atoms with van der Waals surface area (Å²) in [6, 6.07) is 0. The van der Waals surface area contributed by atoms with Crippen molar-refractivity contribution in [1.29, 1.82) is 0 Å². The number of unbranched alkanes of at least 4 members (excludes halogenated alkanes) is 1. The van der Waals surface area contributed by atoms with Gasteiger partial charge < -0.3 is 14.6 Å². The molecule has 0 aromatic rings. The predicted molar refractivity (Wildman–Crippen MR) is 41.2 cm³/mol. The van der Waals surface area contributed by atoms with Gasteiger partial charge in [-0.2, -0.15) is 0 Å². The number of hydrogen-bond acceptors (Lipinski definition) is 3. The summed E-state index contributed by atoms with van der Waals surface area (Å²) >= 11 is 0. The SMILES string of the molecule is CC1(CCCCO)OCCO1. The molecule has 0 spiro atoms. The quantitative estimate of drug-likeness (QED) is 0.621. The second-order valence-corrected chi connectivity index (χ2v) is 3.01. The molecule has 11 heavy (non-hydrogen) atoms. The molecular weight excluding hydrogens is 144 g/mol. The number of aliphatic hydroxyl groups is 1. The van der Waals surface area contributed by atoms with Crippen molar-refractivity contribution in [3.05, 3.63) is 0 Å². The molecule has 1 fully saturated rings. The highest BCUT2D eigenvalue weighted by Gasteiger charge is 2.29. The fourth-order valence-electron chi connectivity index (χ4n) is 1.26. The molecule has 1 N–H and O–H groups in total. The second kappa shape index (κ2) is 4.04. The molecule has 1 aliphatic heterocycles. The van der Waals surface area contributed by atoms with Gasteiger partial charge in [0, 0.05) is 13.0 Å². The van der Waals surface area contributed by atoms with Crippen molar-refractivity contribution < 1.29 is 14.6 Å². The zero-order chi connectivity index (χ0) is 8.16. The van der Waals surface area contributed by atoms with Crippen LogP contribution in [0.3, 0.4) is 0 Å². The van der Waals surface area contributed by atoms with Crippen LogP contribution in [0.1, 0.15) is 26.2 Å². The molecule has 0 unspecified atom stereocenters. The van der Waals surface area contributed by atoms with Crippen molar-refractivity contribution in [3.63, 3.8) is 0 Å². The Bertz CT molecular complexity index is 108. The first-order valence-corrected chi connectivity index (χ1v) is 4.16. The fourth-order valence-corrected chi connectivity index (χ4v) is 1.26. The molecule has 66 valence electrons. The smallest absolute Gasteiger partial charge is 0.165 e. The molecule has 0 saturated carbocycles. The van der Waals surface area contributed by atoms with Crippen LogP contribution in [0.5, 0.6) is 0 Å². The van der Waals surface area contributed by atoms with Gasteiger partial charge in [-0.1, -0.05) is 0 Å². The predicted octanol–water partition coefficient (Wildman–Crippen LogP) is 0.912. The number of rotatable bonds is 4. The second-order valence-electron chi connectivity index (χ2n) is 3.01. The highest BCUT2D eigenvalue weighted by molar-refractivity contribution is 4.67. The molecule has 3 heteroatoms. The van der Waals surface area contributed by atoms with Crippen molar-refractivity contribution in [2.24, 2.45) is 0 Å². The maximum Gasteiger partial charge on any atom is 0.165 e. The normalized spacial score (nSPS) is 22.4. The molecule has 0 aliphatic carbocycles. The van der Waals surface area contributed by atoms with Gasteiger partial charge in [0.05, 0.1) is 13.2 Å². The topological polar surface area (TPSA) is 38.7 Å². The zero-order valence-corrected chi connectivity index (χ0v) is 7.01. The summed E-state index contributed by atoms with van der Waals surface area (Å²) in [5.41, 5.74) is 0. The first kappa shape index (κ1) is 8.97. The highest BCUT2D eigenvalue weighted by atomic mass is 16.7. The van der Waals surface area contributed by atoms with Crippen LogP contribution in [-0.4, -0.2) is 30.7 Å². The molecule has 0 atom stereocenters. The number of ether oxygens (including phenoxy) is 2. The van der Waals surface area contributed by atoms with Crippen LogP contribution >= 0.6 is 0 Å². The largest absolute Gasteiger partial charge is 0.396 e. The molecule has 1 aliphatic rings. The van der Waals surface area contributed by atoms with E-state index in [0.717, 1.165) is 19.3 Å². The standard InChI is InChI=1S/C8H16O3/c1-8(4-2-3-5-9)10-6-7-11-8/h9H,2-7H2,1H3. The van der Waals surface area contributed by atoms with E-state index in [1.165, 1.54) is 0 Å². The summed E-state index contributed by atoms with van der Waals surface area (Å²) in [5.74, 6) is -0.366. The van der Waals surface area contributed by atoms with Gasteiger partial charge in [0.2, 0.25) is 0 Å². The van der Waals surface area contributed by atoms with Crippen LogP contribution in [0.15, 0.2) is 0 Å². The Labute approximate surface area is 67.3 Å². The Kier molecular flexibility index (Phi) is 3.30. The summed E-state index contributed by atoms with van der Waals surface area (Å²) in [7, 11) is 0. The average molecular weight is 160 g/mol. The molecule has 3 nitrogen and oxygen atoms in total. The van der Waals surface area contributed by atoms with Gasteiger partial charge in [0.15, 0.2) is 5.79 Å². The van der Waals surface area contributed by atoms with Crippen LogP contribution in [0.2, 0.25) is 0 Å². The first-order chi connectivity index (χ1) is 5.27. The summed E-state index contributed by atoms with van der Waals surface area (Å²) in [6.45, 7) is 3.62. The van der Waals surface area contributed by atoms with Crippen molar-refractivity contribution in [1.82, 2.24) is 0 Å². The van der Waals surface area contributed by atoms with Gasteiger partial charge in [-0.15, -0.1) is 0 Å². The summed E-state index contributed by atoms with van der Waals surface area (Å²) in [4.78, 5) is 0. The first-order valence-electron chi connectivity index (χ1n) is 4.16. The molecule has 0 radical (unpaired) electrons. The van der Waals surface area contributed by atoms with Gasteiger partial charge >= 0.3 is 0 Å². The van der Waals surface area contributed by atoms with E-state index in [4.69, 9.17) is 14.6 Å². The number of aliphatic hydroxyl groups excluding tert-OH is 1. The number of hydrogen-bond donors (Lipinski definition) is 1. The van der Waals surface area contributed by atoms with E-state index < -0.39 is 0 Å². The van der Waals surface area contributed by atoms with E-state index in [2.05, 4.69) is 0 Å². The molecule has 1 heterocycles. The lowest BCUT2D eigenvalue weighted by Gasteiger charge is -2.21. The molecular formula is C8H16O3. The minimum absolute atomic E-state index is 0.260. The van der Waals surface area contributed by atoms with Crippen LogP contribution in [0, 0.1) is 0 Å². The van der Waals surface area contributed by atoms with Gasteiger partial charge in [0.1, 0.15) is 0 Å². The molecule has 0 aromatic heterocycles. The molecule has 0 bridgehead atoms. The molecule has 0 amide bonds. The fraction of sp³-hybridized carbons (Fsp3) is 1.00. The van der Waals surface area contributed by atoms with Crippen LogP contribution in [0.4, 0.5) is 0 Å². The van der Waals surface area contributed by atoms with Crippen molar-refractivity contribution >= 4 is 0 Å². The van der Waals surface area contributed by atoms with E-state index in [-0.39, 0.29) is 12.4 Å². The van der Waals surface area contributed by atoms with Crippen molar-refractivity contribution in [3.8, 4) is 0 Å². The summed E-state index contributed by atoms with van der Waals surface area (Å²) in [6.07, 6.45) is 2.68. The molecule has 1 rings (SSSR count). The summed E-state index contributed by atoms with van der Waals surface area (Å²) in [5, 5.41) is 8.54. The maximum absolute atomic E-state index is 8.54. The van der Waals surface area contributed by atoms with Gasteiger partial charge in [-0.25, -0.2) is 0 Å². The Hall–Kier alpha value is -0.120. The lowest BCUT2D eigenvalue weighted by atomic mass is 10.1. The average Bonchev–Trinajstić information content (AvgIpc) is 2.38. The maximum atomic E-state index is 8.54. The molecule has 0 aromatic carbocycles. The summed E-state index contributed by atoms with van der Waals surface area (Å²) < 4.78 is 10.8. The van der Waals surface area contributed by atoms with Crippen LogP contribution < -0.4 is 0 Å².